The number of nitrogens with zero attached hydrogens (tertiary/aromatic N) is 2. The van der Waals surface area contributed by atoms with Crippen molar-refractivity contribution < 1.29 is 4.79 Å². The fraction of sp³-hybridized carbons (Fsp3) is 0.895. The topological polar surface area (TPSA) is 68.8 Å². The summed E-state index contributed by atoms with van der Waals surface area (Å²) >= 11 is 0. The third kappa shape index (κ3) is 10.3. The molecule has 3 N–H and O–H groups in total. The molecule has 0 radical (unpaired) electrons. The van der Waals surface area contributed by atoms with E-state index in [1.165, 1.54) is 32.5 Å². The first-order valence-corrected chi connectivity index (χ1v) is 9.67. The van der Waals surface area contributed by atoms with Gasteiger partial charge in [-0.2, -0.15) is 0 Å². The van der Waals surface area contributed by atoms with E-state index in [4.69, 9.17) is 0 Å². The highest BCUT2D eigenvalue weighted by molar-refractivity contribution is 5.86. The Morgan fingerprint density at radius 3 is 2.32 bits per heavy atom. The second-order valence-electron chi connectivity index (χ2n) is 8.56. The molecule has 1 aliphatic heterocycles. The maximum absolute atomic E-state index is 11.8. The van der Waals surface area contributed by atoms with Crippen LogP contribution in [0.2, 0.25) is 0 Å². The van der Waals surface area contributed by atoms with E-state index in [1.807, 2.05) is 20.8 Å². The number of carbonyl (C=O) groups is 1. The van der Waals surface area contributed by atoms with Crippen molar-refractivity contribution in [2.75, 3.05) is 39.8 Å². The number of guanidine groups is 1. The van der Waals surface area contributed by atoms with Crippen LogP contribution in [-0.4, -0.2) is 62.1 Å². The molecular formula is C19H39N5O. The van der Waals surface area contributed by atoms with Gasteiger partial charge < -0.3 is 20.9 Å². The Balaban J connectivity index is 2.14. The van der Waals surface area contributed by atoms with Crippen LogP contribution in [0, 0.1) is 11.8 Å². The van der Waals surface area contributed by atoms with E-state index in [-0.39, 0.29) is 18.0 Å². The summed E-state index contributed by atoms with van der Waals surface area (Å²) in [4.78, 5) is 18.6. The van der Waals surface area contributed by atoms with Crippen LogP contribution in [0.5, 0.6) is 0 Å². The molecule has 2 atom stereocenters. The van der Waals surface area contributed by atoms with Crippen molar-refractivity contribution in [1.82, 2.24) is 20.9 Å². The lowest BCUT2D eigenvalue weighted by molar-refractivity contribution is -0.121. The van der Waals surface area contributed by atoms with Gasteiger partial charge in [-0.05, 0) is 58.4 Å². The van der Waals surface area contributed by atoms with Crippen molar-refractivity contribution in [3.05, 3.63) is 0 Å². The first-order valence-electron chi connectivity index (χ1n) is 9.67. The zero-order valence-corrected chi connectivity index (χ0v) is 17.1. The van der Waals surface area contributed by atoms with Gasteiger partial charge in [-0.25, -0.2) is 0 Å². The van der Waals surface area contributed by atoms with E-state index >= 15 is 0 Å². The zero-order valence-electron chi connectivity index (χ0n) is 17.1. The number of carbonyl (C=O) groups excluding carboxylic acids is 1. The molecule has 1 amide bonds. The predicted octanol–water partition coefficient (Wildman–Crippen LogP) is 1.82. The molecule has 6 nitrogen and oxygen atoms in total. The maximum Gasteiger partial charge on any atom is 0.239 e. The Kier molecular flexibility index (Phi) is 9.25. The van der Waals surface area contributed by atoms with Gasteiger partial charge in [0, 0.05) is 32.2 Å². The van der Waals surface area contributed by atoms with Crippen LogP contribution in [0.4, 0.5) is 0 Å². The van der Waals surface area contributed by atoms with Crippen LogP contribution in [0.15, 0.2) is 4.99 Å². The molecule has 1 saturated heterocycles. The number of hydrogen-bond donors (Lipinski definition) is 3. The normalized spacial score (nSPS) is 22.6. The molecule has 0 aromatic carbocycles. The van der Waals surface area contributed by atoms with Crippen LogP contribution in [0.25, 0.3) is 0 Å². The molecule has 1 heterocycles. The lowest BCUT2D eigenvalue weighted by Gasteiger charge is -2.34. The summed E-state index contributed by atoms with van der Waals surface area (Å²) in [6.07, 6.45) is 3.66. The SMILES string of the molecule is CN=C(NCCCCN1CC(C)CC(C)C1)NCC(=O)NC(C)(C)C. The largest absolute Gasteiger partial charge is 0.356 e. The lowest BCUT2D eigenvalue weighted by atomic mass is 9.92. The fourth-order valence-corrected chi connectivity index (χ4v) is 3.49. The summed E-state index contributed by atoms with van der Waals surface area (Å²) in [5.74, 6) is 2.31. The van der Waals surface area contributed by atoms with Crippen molar-refractivity contribution in [1.29, 1.82) is 0 Å². The molecule has 1 rings (SSSR count). The van der Waals surface area contributed by atoms with Gasteiger partial charge in [-0.3, -0.25) is 9.79 Å². The molecule has 1 aliphatic rings. The molecular weight excluding hydrogens is 314 g/mol. The van der Waals surface area contributed by atoms with Crippen LogP contribution < -0.4 is 16.0 Å². The molecule has 0 aromatic heterocycles. The molecule has 1 fully saturated rings. The standard InChI is InChI=1S/C19H39N5O/c1-15-11-16(2)14-24(13-15)10-8-7-9-21-18(20-6)22-12-17(25)23-19(3,4)5/h15-16H,7-14H2,1-6H3,(H,23,25)(H2,20,21,22). The van der Waals surface area contributed by atoms with E-state index in [0.717, 1.165) is 24.8 Å². The third-order valence-corrected chi connectivity index (χ3v) is 4.29. The number of likely N-dealkylation sites (tertiary alicyclic amines) is 1. The Bertz CT molecular complexity index is 420. The molecule has 6 heteroatoms. The van der Waals surface area contributed by atoms with Gasteiger partial charge in [0.15, 0.2) is 5.96 Å². The number of unbranched alkanes of at least 4 members (excludes halogenated alkanes) is 1. The van der Waals surface area contributed by atoms with Crippen LogP contribution in [0.3, 0.4) is 0 Å². The molecule has 146 valence electrons. The molecule has 0 bridgehead atoms. The molecule has 0 saturated carbocycles. The first kappa shape index (κ1) is 21.7. The summed E-state index contributed by atoms with van der Waals surface area (Å²) in [6, 6.07) is 0. The maximum atomic E-state index is 11.8. The number of piperidine rings is 1. The van der Waals surface area contributed by atoms with E-state index in [1.54, 1.807) is 7.05 Å². The van der Waals surface area contributed by atoms with E-state index < -0.39 is 0 Å². The van der Waals surface area contributed by atoms with Crippen molar-refractivity contribution >= 4 is 11.9 Å². The highest BCUT2D eigenvalue weighted by atomic mass is 16.2. The molecule has 0 aliphatic carbocycles. The van der Waals surface area contributed by atoms with Crippen LogP contribution >= 0.6 is 0 Å². The van der Waals surface area contributed by atoms with E-state index in [2.05, 4.69) is 39.7 Å². The highest BCUT2D eigenvalue weighted by Crippen LogP contribution is 2.20. The number of nitrogens with one attached hydrogen (secondary N) is 3. The zero-order chi connectivity index (χ0) is 18.9. The average molecular weight is 354 g/mol. The number of aliphatic imine (C=N–C) groups is 1. The predicted molar refractivity (Wildman–Crippen MR) is 106 cm³/mol. The van der Waals surface area contributed by atoms with Gasteiger partial charge in [0.05, 0.1) is 6.54 Å². The van der Waals surface area contributed by atoms with Crippen molar-refractivity contribution in [3.63, 3.8) is 0 Å². The lowest BCUT2D eigenvalue weighted by Crippen LogP contribution is -2.48. The van der Waals surface area contributed by atoms with Crippen molar-refractivity contribution in [2.45, 2.75) is 59.4 Å². The number of amides is 1. The van der Waals surface area contributed by atoms with E-state index in [0.29, 0.717) is 5.96 Å². The fourth-order valence-electron chi connectivity index (χ4n) is 3.49. The minimum absolute atomic E-state index is 0.0243. The van der Waals surface area contributed by atoms with Crippen molar-refractivity contribution in [2.24, 2.45) is 16.8 Å². The molecule has 2 unspecified atom stereocenters. The van der Waals surface area contributed by atoms with Gasteiger partial charge >= 0.3 is 0 Å². The third-order valence-electron chi connectivity index (χ3n) is 4.29. The van der Waals surface area contributed by atoms with E-state index in [9.17, 15) is 4.79 Å². The van der Waals surface area contributed by atoms with Gasteiger partial charge in [-0.15, -0.1) is 0 Å². The summed E-state index contributed by atoms with van der Waals surface area (Å²) in [6.45, 7) is 15.4. The van der Waals surface area contributed by atoms with Crippen molar-refractivity contribution in [3.8, 4) is 0 Å². The number of rotatable bonds is 7. The molecule has 0 spiro atoms. The Labute approximate surface area is 154 Å². The number of hydrogen-bond acceptors (Lipinski definition) is 3. The smallest absolute Gasteiger partial charge is 0.239 e. The van der Waals surface area contributed by atoms with Gasteiger partial charge in [-0.1, -0.05) is 13.8 Å². The molecule has 0 aromatic rings. The molecule has 25 heavy (non-hydrogen) atoms. The highest BCUT2D eigenvalue weighted by Gasteiger charge is 2.20. The minimum Gasteiger partial charge on any atom is -0.356 e. The van der Waals surface area contributed by atoms with Gasteiger partial charge in [0.2, 0.25) is 5.91 Å². The Hall–Kier alpha value is -1.30. The monoisotopic (exact) mass is 353 g/mol. The van der Waals surface area contributed by atoms with Crippen LogP contribution in [0.1, 0.15) is 53.9 Å². The van der Waals surface area contributed by atoms with Gasteiger partial charge in [0.25, 0.3) is 0 Å². The van der Waals surface area contributed by atoms with Gasteiger partial charge in [0.1, 0.15) is 0 Å². The summed E-state index contributed by atoms with van der Waals surface area (Å²) in [5, 5.41) is 9.27. The first-order chi connectivity index (χ1) is 11.7. The quantitative estimate of drug-likeness (QED) is 0.371. The Morgan fingerprint density at radius 2 is 1.76 bits per heavy atom. The average Bonchev–Trinajstić information content (AvgIpc) is 2.47. The summed E-state index contributed by atoms with van der Waals surface area (Å²) in [7, 11) is 1.73. The summed E-state index contributed by atoms with van der Waals surface area (Å²) < 4.78 is 0. The second-order valence-corrected chi connectivity index (χ2v) is 8.56. The second kappa shape index (κ2) is 10.6. The van der Waals surface area contributed by atoms with Crippen LogP contribution in [-0.2, 0) is 4.79 Å². The Morgan fingerprint density at radius 1 is 1.12 bits per heavy atom. The summed E-state index contributed by atoms with van der Waals surface area (Å²) in [5.41, 5.74) is -0.209. The minimum atomic E-state index is -0.209.